The summed E-state index contributed by atoms with van der Waals surface area (Å²) in [6.45, 7) is 0. The number of hydrogen-bond acceptors (Lipinski definition) is 0. The molecule has 2 aromatic heterocycles. The highest BCUT2D eigenvalue weighted by molar-refractivity contribution is 6.14. The summed E-state index contributed by atoms with van der Waals surface area (Å²) < 4.78 is 4.88. The molecule has 0 bridgehead atoms. The summed E-state index contributed by atoms with van der Waals surface area (Å²) in [4.78, 5) is 0. The van der Waals surface area contributed by atoms with Gasteiger partial charge in [0.25, 0.3) is 0 Å². The lowest BCUT2D eigenvalue weighted by Gasteiger charge is -2.15. The van der Waals surface area contributed by atoms with Crippen LogP contribution in [0.3, 0.4) is 0 Å². The molecule has 0 radical (unpaired) electrons. The Hall–Kier alpha value is -7.16. The van der Waals surface area contributed by atoms with Crippen molar-refractivity contribution in [3.63, 3.8) is 0 Å². The van der Waals surface area contributed by atoms with Crippen LogP contribution in [0, 0.1) is 0 Å². The molecule has 2 heterocycles. The van der Waals surface area contributed by atoms with Gasteiger partial charge < -0.3 is 9.13 Å². The van der Waals surface area contributed by atoms with Crippen LogP contribution >= 0.6 is 0 Å². The van der Waals surface area contributed by atoms with Crippen LogP contribution in [0.4, 0.5) is 0 Å². The van der Waals surface area contributed by atoms with Crippen LogP contribution in [-0.4, -0.2) is 9.13 Å². The van der Waals surface area contributed by atoms with Gasteiger partial charge in [0.15, 0.2) is 0 Å². The van der Waals surface area contributed by atoms with Crippen LogP contribution < -0.4 is 0 Å². The summed E-state index contributed by atoms with van der Waals surface area (Å²) in [6.07, 6.45) is 0. The molecule has 0 unspecified atom stereocenters. The zero-order valence-electron chi connectivity index (χ0n) is 29.5. The lowest BCUT2D eigenvalue weighted by molar-refractivity contribution is 1.18. The van der Waals surface area contributed by atoms with Crippen molar-refractivity contribution in [1.29, 1.82) is 0 Å². The third-order valence-corrected chi connectivity index (χ3v) is 11.1. The van der Waals surface area contributed by atoms with E-state index in [-0.39, 0.29) is 0 Å². The first-order valence-electron chi connectivity index (χ1n) is 18.6. The molecule has 11 aromatic rings. The number of para-hydroxylation sites is 3. The first-order chi connectivity index (χ1) is 26.8. The summed E-state index contributed by atoms with van der Waals surface area (Å²) in [5.41, 5.74) is 14.5. The molecule has 0 aliphatic heterocycles. The quantitative estimate of drug-likeness (QED) is 0.171. The number of rotatable bonds is 5. The molecular formula is C52H34N2. The van der Waals surface area contributed by atoms with Crippen molar-refractivity contribution in [2.24, 2.45) is 0 Å². The number of aromatic nitrogens is 2. The molecule has 0 spiro atoms. The van der Waals surface area contributed by atoms with Crippen LogP contribution in [0.15, 0.2) is 206 Å². The maximum absolute atomic E-state index is 2.45. The minimum Gasteiger partial charge on any atom is -0.309 e. The van der Waals surface area contributed by atoms with Crippen LogP contribution in [-0.2, 0) is 0 Å². The zero-order valence-corrected chi connectivity index (χ0v) is 29.5. The second-order valence-corrected chi connectivity index (χ2v) is 14.1. The fraction of sp³-hybridized carbons (Fsp3) is 0. The second-order valence-electron chi connectivity index (χ2n) is 14.1. The predicted molar refractivity (Wildman–Crippen MR) is 229 cm³/mol. The van der Waals surface area contributed by atoms with Gasteiger partial charge in [-0.05, 0) is 81.7 Å². The van der Waals surface area contributed by atoms with Gasteiger partial charge in [-0.2, -0.15) is 0 Å². The molecule has 252 valence electrons. The first-order valence-corrected chi connectivity index (χ1v) is 18.6. The number of hydrogen-bond donors (Lipinski definition) is 0. The van der Waals surface area contributed by atoms with E-state index >= 15 is 0 Å². The Morgan fingerprint density at radius 2 is 0.667 bits per heavy atom. The Morgan fingerprint density at radius 3 is 1.28 bits per heavy atom. The molecule has 9 aromatic carbocycles. The van der Waals surface area contributed by atoms with Crippen molar-refractivity contribution < 1.29 is 0 Å². The van der Waals surface area contributed by atoms with E-state index in [0.29, 0.717) is 0 Å². The van der Waals surface area contributed by atoms with E-state index < -0.39 is 0 Å². The highest BCUT2D eigenvalue weighted by Crippen LogP contribution is 2.41. The molecule has 0 amide bonds. The van der Waals surface area contributed by atoms with Gasteiger partial charge in [-0.15, -0.1) is 0 Å². The van der Waals surface area contributed by atoms with Gasteiger partial charge in [0, 0.05) is 32.5 Å². The van der Waals surface area contributed by atoms with Crippen molar-refractivity contribution in [3.05, 3.63) is 206 Å². The van der Waals surface area contributed by atoms with E-state index in [0.717, 1.165) is 0 Å². The maximum Gasteiger partial charge on any atom is 0.0541 e. The fourth-order valence-corrected chi connectivity index (χ4v) is 8.70. The molecule has 54 heavy (non-hydrogen) atoms. The van der Waals surface area contributed by atoms with Gasteiger partial charge >= 0.3 is 0 Å². The van der Waals surface area contributed by atoms with Crippen molar-refractivity contribution in [2.45, 2.75) is 0 Å². The smallest absolute Gasteiger partial charge is 0.0541 e. The number of benzene rings is 9. The minimum absolute atomic E-state index is 1.18. The van der Waals surface area contributed by atoms with E-state index in [1.165, 1.54) is 99.1 Å². The summed E-state index contributed by atoms with van der Waals surface area (Å²) in [6, 6.07) is 75.1. The molecule has 0 fully saturated rings. The largest absolute Gasteiger partial charge is 0.309 e. The molecule has 0 saturated carbocycles. The average molecular weight is 687 g/mol. The Bertz CT molecular complexity index is 3200. The molecule has 0 aliphatic rings. The van der Waals surface area contributed by atoms with Crippen LogP contribution in [0.5, 0.6) is 0 Å². The molecule has 2 nitrogen and oxygen atoms in total. The van der Waals surface area contributed by atoms with Crippen molar-refractivity contribution in [1.82, 2.24) is 9.13 Å². The monoisotopic (exact) mass is 686 g/mol. The lowest BCUT2D eigenvalue weighted by atomic mass is 9.97. The van der Waals surface area contributed by atoms with Crippen LogP contribution in [0.1, 0.15) is 0 Å². The molecule has 0 N–H and O–H groups in total. The van der Waals surface area contributed by atoms with E-state index in [1.807, 2.05) is 0 Å². The van der Waals surface area contributed by atoms with Gasteiger partial charge in [-0.25, -0.2) is 0 Å². The maximum atomic E-state index is 2.45. The van der Waals surface area contributed by atoms with Crippen molar-refractivity contribution >= 4 is 54.4 Å². The van der Waals surface area contributed by atoms with Gasteiger partial charge in [-0.3, -0.25) is 0 Å². The minimum atomic E-state index is 1.18. The molecule has 0 aliphatic carbocycles. The SMILES string of the molecule is c1ccc(-c2ccccc2-n2c3ccccc3c3cc(-c4ccc5c(c4)c4ccccc4n5-c4ccc(-c5ccccc5)c5ccccc45)ccc32)cc1. The normalized spacial score (nSPS) is 11.7. The molecule has 11 rings (SSSR count). The van der Waals surface area contributed by atoms with E-state index in [2.05, 4.69) is 215 Å². The van der Waals surface area contributed by atoms with Crippen LogP contribution in [0.25, 0.3) is 99.1 Å². The Kier molecular flexibility index (Phi) is 6.90. The van der Waals surface area contributed by atoms with Crippen LogP contribution in [0.2, 0.25) is 0 Å². The standard InChI is InChI=1S/C52H34N2/c1-3-15-35(16-4-1)39-29-32-50(42-21-8-7-20-41(39)42)54-49-26-14-11-23-44(49)46-34-38(28-31-52(46)54)37-27-30-51-45(33-37)43-22-10-13-25-48(43)53(51)47-24-12-9-19-40(47)36-17-5-2-6-18-36/h1-34H. The number of fused-ring (bicyclic) bond motifs is 7. The summed E-state index contributed by atoms with van der Waals surface area (Å²) in [5, 5.41) is 7.49. The Balaban J connectivity index is 1.09. The van der Waals surface area contributed by atoms with Gasteiger partial charge in [-0.1, -0.05) is 158 Å². The fourth-order valence-electron chi connectivity index (χ4n) is 8.70. The van der Waals surface area contributed by atoms with Crippen molar-refractivity contribution in [2.75, 3.05) is 0 Å². The lowest BCUT2D eigenvalue weighted by Crippen LogP contribution is -1.97. The molecular weight excluding hydrogens is 653 g/mol. The summed E-state index contributed by atoms with van der Waals surface area (Å²) in [5.74, 6) is 0. The third-order valence-electron chi connectivity index (χ3n) is 11.1. The zero-order chi connectivity index (χ0) is 35.6. The van der Waals surface area contributed by atoms with Crippen molar-refractivity contribution in [3.8, 4) is 44.8 Å². The average Bonchev–Trinajstić information content (AvgIpc) is 3.76. The van der Waals surface area contributed by atoms with Gasteiger partial charge in [0.05, 0.1) is 33.4 Å². The Labute approximate surface area is 313 Å². The second kappa shape index (κ2) is 12.2. The van der Waals surface area contributed by atoms with E-state index in [1.54, 1.807) is 0 Å². The first kappa shape index (κ1) is 30.5. The molecule has 0 atom stereocenters. The predicted octanol–water partition coefficient (Wildman–Crippen LogP) is 14.0. The van der Waals surface area contributed by atoms with E-state index in [9.17, 15) is 0 Å². The highest BCUT2D eigenvalue weighted by Gasteiger charge is 2.19. The Morgan fingerprint density at radius 1 is 0.222 bits per heavy atom. The summed E-state index contributed by atoms with van der Waals surface area (Å²) >= 11 is 0. The van der Waals surface area contributed by atoms with Gasteiger partial charge in [0.1, 0.15) is 0 Å². The topological polar surface area (TPSA) is 9.86 Å². The highest BCUT2D eigenvalue weighted by atomic mass is 15.0. The summed E-state index contributed by atoms with van der Waals surface area (Å²) in [7, 11) is 0. The molecule has 0 saturated heterocycles. The van der Waals surface area contributed by atoms with Gasteiger partial charge in [0.2, 0.25) is 0 Å². The molecule has 2 heteroatoms. The van der Waals surface area contributed by atoms with E-state index in [4.69, 9.17) is 0 Å². The number of nitrogens with zero attached hydrogens (tertiary/aromatic N) is 2. The third kappa shape index (κ3) is 4.67.